The highest BCUT2D eigenvalue weighted by Gasteiger charge is 2.17. The van der Waals surface area contributed by atoms with Gasteiger partial charge in [-0.25, -0.2) is 0 Å². The Labute approximate surface area is 457 Å². The van der Waals surface area contributed by atoms with Gasteiger partial charge in [0.1, 0.15) is 5.78 Å². The Morgan fingerprint density at radius 1 is 0.378 bits per heavy atom. The van der Waals surface area contributed by atoms with E-state index < -0.39 is 12.1 Å². The average Bonchev–Trinajstić information content (AvgIpc) is 3.40. The Bertz CT molecular complexity index is 1230. The smallest absolute Gasteiger partial charge is 0.236 e. The Hall–Kier alpha value is -2.60. The third-order valence-corrected chi connectivity index (χ3v) is 14.8. The molecule has 0 bridgehead atoms. The van der Waals surface area contributed by atoms with Gasteiger partial charge in [0.2, 0.25) is 17.7 Å². The second-order valence-electron chi connectivity index (χ2n) is 21.9. The van der Waals surface area contributed by atoms with Crippen LogP contribution in [0.3, 0.4) is 0 Å². The van der Waals surface area contributed by atoms with Crippen molar-refractivity contribution in [2.24, 2.45) is 22.9 Å². The Balaban J connectivity index is 4.90. The number of nitrogens with zero attached hydrogens (tertiary/aromatic N) is 2. The second kappa shape index (κ2) is 56.6. The summed E-state index contributed by atoms with van der Waals surface area (Å²) in [4.78, 5) is 56.4. The van der Waals surface area contributed by atoms with E-state index in [-0.39, 0.29) is 23.5 Å². The molecule has 0 aliphatic rings. The lowest BCUT2D eigenvalue weighted by Crippen LogP contribution is -2.42. The first-order chi connectivity index (χ1) is 36.2. The van der Waals surface area contributed by atoms with Crippen molar-refractivity contribution in [3.63, 3.8) is 0 Å². The predicted octanol–water partition coefficient (Wildman–Crippen LogP) is 14.2. The maximum absolute atomic E-state index is 13.5. The van der Waals surface area contributed by atoms with Crippen molar-refractivity contribution in [2.75, 3.05) is 45.8 Å². The van der Waals surface area contributed by atoms with Crippen molar-refractivity contribution in [2.45, 2.75) is 308 Å². The standard InChI is InChI=1S/C63H123N7O4/c1-3-5-7-9-11-13-15-17-19-21-23-25-27-31-35-49-61(72)69(56-44-39-48-60(71)58(66)46-37-40-51-64)54-42-33-29-30-34-43-55-70(57-45-53-68-63(74)59(67)47-38-41-52-65)62(73)50-36-32-28-26-24-22-20-18-16-14-12-10-8-6-4-2/h17-20,58-59H,3-16,21-57,64-67H2,1-2H3,(H,68,74)/b19-17-,20-18-/t58-,59-/m0/s1. The number of ketones is 1. The SMILES string of the molecule is CCCCCCCC/C=C\CCCCCCCC(=O)N(CCCCCCCCN(CCCNC(=O)[C@@H](N)CCCCN)C(=O)CCCCCCC/C=C\CCCCCCCC)CCCCC(=O)[C@@H](N)CCCCN. The largest absolute Gasteiger partial charge is 0.355 e. The van der Waals surface area contributed by atoms with Crippen LogP contribution in [0.1, 0.15) is 296 Å². The van der Waals surface area contributed by atoms with Crippen LogP contribution in [0, 0.1) is 0 Å². The number of unbranched alkanes of at least 4 members (excludes halogenated alkanes) is 30. The van der Waals surface area contributed by atoms with Gasteiger partial charge in [0.25, 0.3) is 0 Å². The van der Waals surface area contributed by atoms with Crippen LogP contribution in [0.25, 0.3) is 0 Å². The van der Waals surface area contributed by atoms with Gasteiger partial charge >= 0.3 is 0 Å². The second-order valence-corrected chi connectivity index (χ2v) is 21.9. The van der Waals surface area contributed by atoms with Crippen LogP contribution in [0.5, 0.6) is 0 Å². The van der Waals surface area contributed by atoms with Crippen LogP contribution in [0.2, 0.25) is 0 Å². The van der Waals surface area contributed by atoms with Crippen molar-refractivity contribution in [3.05, 3.63) is 24.3 Å². The molecule has 74 heavy (non-hydrogen) atoms. The molecule has 11 heteroatoms. The summed E-state index contributed by atoms with van der Waals surface area (Å²) in [6.45, 7) is 9.14. The molecular weight excluding hydrogens is 919 g/mol. The highest BCUT2D eigenvalue weighted by molar-refractivity contribution is 5.83. The number of hydrogen-bond donors (Lipinski definition) is 5. The molecule has 0 aromatic heterocycles. The molecule has 0 aromatic carbocycles. The van der Waals surface area contributed by atoms with Gasteiger partial charge < -0.3 is 38.1 Å². The van der Waals surface area contributed by atoms with E-state index in [1.54, 1.807) is 0 Å². The Morgan fingerprint density at radius 3 is 1.11 bits per heavy atom. The van der Waals surface area contributed by atoms with Crippen LogP contribution in [0.4, 0.5) is 0 Å². The summed E-state index contributed by atoms with van der Waals surface area (Å²) < 4.78 is 0. The van der Waals surface area contributed by atoms with Gasteiger partial charge in [-0.2, -0.15) is 0 Å². The highest BCUT2D eigenvalue weighted by atomic mass is 16.2. The molecule has 0 radical (unpaired) electrons. The lowest BCUT2D eigenvalue weighted by molar-refractivity contribution is -0.132. The minimum absolute atomic E-state index is 0.123. The first kappa shape index (κ1) is 71.4. The van der Waals surface area contributed by atoms with Crippen molar-refractivity contribution in [1.82, 2.24) is 15.1 Å². The van der Waals surface area contributed by atoms with E-state index in [0.717, 1.165) is 129 Å². The number of amides is 3. The Morgan fingerprint density at radius 2 is 0.703 bits per heavy atom. The number of carbonyl (C=O) groups is 4. The van der Waals surface area contributed by atoms with E-state index in [2.05, 4.69) is 48.4 Å². The summed E-state index contributed by atoms with van der Waals surface area (Å²) in [5, 5.41) is 2.99. The van der Waals surface area contributed by atoms with Gasteiger partial charge in [-0.1, -0.05) is 179 Å². The molecule has 0 saturated carbocycles. The van der Waals surface area contributed by atoms with Gasteiger partial charge in [-0.3, -0.25) is 19.2 Å². The van der Waals surface area contributed by atoms with Crippen LogP contribution in [-0.2, 0) is 19.2 Å². The molecule has 9 N–H and O–H groups in total. The minimum Gasteiger partial charge on any atom is -0.355 e. The van der Waals surface area contributed by atoms with Crippen molar-refractivity contribution < 1.29 is 19.2 Å². The molecule has 0 spiro atoms. The molecule has 11 nitrogen and oxygen atoms in total. The molecule has 0 aliphatic heterocycles. The van der Waals surface area contributed by atoms with Gasteiger partial charge in [0.15, 0.2) is 0 Å². The highest BCUT2D eigenvalue weighted by Crippen LogP contribution is 2.16. The zero-order valence-electron chi connectivity index (χ0n) is 48.9. The molecule has 0 unspecified atom stereocenters. The Kier molecular flexibility index (Phi) is 54.6. The van der Waals surface area contributed by atoms with E-state index in [0.29, 0.717) is 71.2 Å². The average molecular weight is 1040 g/mol. The maximum Gasteiger partial charge on any atom is 0.236 e. The topological polar surface area (TPSA) is 191 Å². The molecule has 0 rings (SSSR count). The van der Waals surface area contributed by atoms with Crippen molar-refractivity contribution in [1.29, 1.82) is 0 Å². The minimum atomic E-state index is -0.519. The molecule has 0 saturated heterocycles. The number of allylic oxidation sites excluding steroid dienone is 4. The molecule has 0 fully saturated rings. The summed E-state index contributed by atoms with van der Waals surface area (Å²) >= 11 is 0. The number of nitrogens with one attached hydrogen (secondary N) is 1. The van der Waals surface area contributed by atoms with Crippen LogP contribution < -0.4 is 28.3 Å². The first-order valence-corrected chi connectivity index (χ1v) is 31.8. The first-order valence-electron chi connectivity index (χ1n) is 31.8. The predicted molar refractivity (Wildman–Crippen MR) is 318 cm³/mol. The number of Topliss-reactive ketones (excluding diaryl/α,β-unsaturated/α-hetero) is 1. The molecule has 2 atom stereocenters. The summed E-state index contributed by atoms with van der Waals surface area (Å²) in [6.07, 6.45) is 56.7. The van der Waals surface area contributed by atoms with E-state index in [1.807, 2.05) is 4.90 Å². The third kappa shape index (κ3) is 47.8. The van der Waals surface area contributed by atoms with Gasteiger partial charge in [-0.05, 0) is 135 Å². The zero-order chi connectivity index (χ0) is 54.2. The molecule has 0 aliphatic carbocycles. The van der Waals surface area contributed by atoms with E-state index in [9.17, 15) is 19.2 Å². The lowest BCUT2D eigenvalue weighted by Gasteiger charge is -2.24. The molecule has 434 valence electrons. The number of nitrogens with two attached hydrogens (primary N) is 4. The zero-order valence-corrected chi connectivity index (χ0v) is 48.9. The summed E-state index contributed by atoms with van der Waals surface area (Å²) in [7, 11) is 0. The van der Waals surface area contributed by atoms with E-state index in [1.165, 1.54) is 128 Å². The summed E-state index contributed by atoms with van der Waals surface area (Å²) in [5.74, 6) is 0.483. The fourth-order valence-electron chi connectivity index (χ4n) is 9.75. The van der Waals surface area contributed by atoms with Crippen molar-refractivity contribution >= 4 is 23.5 Å². The normalized spacial score (nSPS) is 12.5. The summed E-state index contributed by atoms with van der Waals surface area (Å²) in [5.41, 5.74) is 23.5. The fourth-order valence-corrected chi connectivity index (χ4v) is 9.75. The fraction of sp³-hybridized carbons (Fsp3) is 0.873. The molecule has 0 heterocycles. The van der Waals surface area contributed by atoms with Gasteiger partial charge in [0.05, 0.1) is 12.1 Å². The number of carbonyl (C=O) groups excluding carboxylic acids is 4. The van der Waals surface area contributed by atoms with Gasteiger partial charge in [-0.15, -0.1) is 0 Å². The van der Waals surface area contributed by atoms with E-state index >= 15 is 0 Å². The van der Waals surface area contributed by atoms with Crippen LogP contribution >= 0.6 is 0 Å². The lowest BCUT2D eigenvalue weighted by atomic mass is 10.0. The van der Waals surface area contributed by atoms with Gasteiger partial charge in [0, 0.05) is 52.0 Å². The number of rotatable bonds is 58. The third-order valence-electron chi connectivity index (χ3n) is 14.8. The monoisotopic (exact) mass is 1040 g/mol. The van der Waals surface area contributed by atoms with Crippen molar-refractivity contribution in [3.8, 4) is 0 Å². The molecule has 3 amide bonds. The number of hydrogen-bond acceptors (Lipinski definition) is 8. The van der Waals surface area contributed by atoms with Crippen LogP contribution in [0.15, 0.2) is 24.3 Å². The molecular formula is C63H123N7O4. The summed E-state index contributed by atoms with van der Waals surface area (Å²) in [6, 6.07) is -0.929. The van der Waals surface area contributed by atoms with E-state index in [4.69, 9.17) is 22.9 Å². The molecule has 0 aromatic rings. The van der Waals surface area contributed by atoms with Crippen LogP contribution in [-0.4, -0.2) is 91.2 Å². The maximum atomic E-state index is 13.5. The quantitative estimate of drug-likeness (QED) is 0.0294.